The summed E-state index contributed by atoms with van der Waals surface area (Å²) in [4.78, 5) is 31.0. The van der Waals surface area contributed by atoms with Crippen LogP contribution >= 0.6 is 0 Å². The second-order valence-electron chi connectivity index (χ2n) is 9.09. The average Bonchev–Trinajstić information content (AvgIpc) is 3.18. The third-order valence-corrected chi connectivity index (χ3v) is 6.39. The molecule has 0 fully saturated rings. The van der Waals surface area contributed by atoms with Crippen molar-refractivity contribution in [1.82, 2.24) is 9.80 Å². The molecule has 1 aromatic heterocycles. The second kappa shape index (κ2) is 9.87. The highest BCUT2D eigenvalue weighted by Crippen LogP contribution is 2.39. The van der Waals surface area contributed by atoms with Gasteiger partial charge in [0, 0.05) is 19.2 Å². The number of ether oxygens (including phenoxy) is 2. The van der Waals surface area contributed by atoms with Gasteiger partial charge >= 0.3 is 0 Å². The molecule has 1 unspecified atom stereocenters. The Balaban J connectivity index is 1.58. The molecule has 0 bridgehead atoms. The molecule has 1 aliphatic heterocycles. The third kappa shape index (κ3) is 4.45. The van der Waals surface area contributed by atoms with E-state index in [2.05, 4.69) is 0 Å². The minimum absolute atomic E-state index is 0.0834. The molecule has 2 heterocycles. The lowest BCUT2D eigenvalue weighted by Gasteiger charge is -2.26. The SMILES string of the molecule is COc1ccc2c(=O)c3c(oc2c1)C(=O)N(CCN(C)C)C3c1cccc(OCc2ccccc2)c1. The van der Waals surface area contributed by atoms with E-state index < -0.39 is 6.04 Å². The van der Waals surface area contributed by atoms with Crippen molar-refractivity contribution in [3.8, 4) is 11.5 Å². The summed E-state index contributed by atoms with van der Waals surface area (Å²) in [6, 6.07) is 22.0. The van der Waals surface area contributed by atoms with Gasteiger partial charge in [-0.2, -0.15) is 0 Å². The molecular formula is C29H28N2O5. The number of fused-ring (bicyclic) bond motifs is 2. The van der Waals surface area contributed by atoms with Crippen molar-refractivity contribution in [2.24, 2.45) is 0 Å². The van der Waals surface area contributed by atoms with Crippen LogP contribution in [0.2, 0.25) is 0 Å². The number of nitrogens with zero attached hydrogens (tertiary/aromatic N) is 2. The van der Waals surface area contributed by atoms with Crippen molar-refractivity contribution in [1.29, 1.82) is 0 Å². The number of rotatable bonds is 8. The molecule has 7 nitrogen and oxygen atoms in total. The molecule has 0 saturated carbocycles. The summed E-state index contributed by atoms with van der Waals surface area (Å²) < 4.78 is 17.4. The first-order valence-corrected chi connectivity index (χ1v) is 11.8. The summed E-state index contributed by atoms with van der Waals surface area (Å²) >= 11 is 0. The molecule has 7 heteroatoms. The molecule has 1 atom stereocenters. The van der Waals surface area contributed by atoms with Gasteiger partial charge in [-0.15, -0.1) is 0 Å². The molecule has 0 spiro atoms. The molecule has 36 heavy (non-hydrogen) atoms. The number of amides is 1. The zero-order chi connectivity index (χ0) is 25.2. The van der Waals surface area contributed by atoms with Gasteiger partial charge in [-0.25, -0.2) is 0 Å². The second-order valence-corrected chi connectivity index (χ2v) is 9.09. The van der Waals surface area contributed by atoms with Gasteiger partial charge in [0.1, 0.15) is 23.7 Å². The van der Waals surface area contributed by atoms with Crippen molar-refractivity contribution in [2.45, 2.75) is 12.6 Å². The van der Waals surface area contributed by atoms with Crippen LogP contribution in [0.3, 0.4) is 0 Å². The standard InChI is InChI=1S/C29H28N2O5/c1-30(2)14-15-31-26(20-10-7-11-22(16-20)35-18-19-8-5-4-6-9-19)25-27(32)23-13-12-21(34-3)17-24(23)36-28(25)29(31)33/h4-13,16-17,26H,14-15,18H2,1-3H3. The Bertz CT molecular complexity index is 1460. The number of benzene rings is 3. The number of carbonyl (C=O) groups excluding carboxylic acids is 1. The summed E-state index contributed by atoms with van der Waals surface area (Å²) in [5.74, 6) is 1.01. The Labute approximate surface area is 209 Å². The minimum Gasteiger partial charge on any atom is -0.497 e. The van der Waals surface area contributed by atoms with E-state index in [1.807, 2.05) is 73.6 Å². The summed E-state index contributed by atoms with van der Waals surface area (Å²) in [5, 5.41) is 0.415. The Morgan fingerprint density at radius 3 is 2.50 bits per heavy atom. The van der Waals surface area contributed by atoms with Gasteiger partial charge in [0.15, 0.2) is 5.43 Å². The normalized spacial score (nSPS) is 14.9. The molecule has 1 aliphatic rings. The van der Waals surface area contributed by atoms with Crippen LogP contribution in [0.1, 0.15) is 33.3 Å². The molecule has 1 amide bonds. The fraction of sp³-hybridized carbons (Fsp3) is 0.241. The maximum Gasteiger partial charge on any atom is 0.290 e. The summed E-state index contributed by atoms with van der Waals surface area (Å²) in [6.07, 6.45) is 0. The summed E-state index contributed by atoms with van der Waals surface area (Å²) in [7, 11) is 5.44. The van der Waals surface area contributed by atoms with E-state index in [9.17, 15) is 9.59 Å². The fourth-order valence-corrected chi connectivity index (χ4v) is 4.53. The van der Waals surface area contributed by atoms with E-state index >= 15 is 0 Å². The maximum atomic E-state index is 13.7. The molecule has 3 aromatic carbocycles. The van der Waals surface area contributed by atoms with Crippen LogP contribution in [0.15, 0.2) is 82.0 Å². The highest BCUT2D eigenvalue weighted by Gasteiger charge is 2.42. The molecule has 0 radical (unpaired) electrons. The quantitative estimate of drug-likeness (QED) is 0.367. The number of methoxy groups -OCH3 is 1. The third-order valence-electron chi connectivity index (χ3n) is 6.39. The first kappa shape index (κ1) is 23.6. The van der Waals surface area contributed by atoms with E-state index in [1.165, 1.54) is 0 Å². The zero-order valence-corrected chi connectivity index (χ0v) is 20.6. The van der Waals surface area contributed by atoms with Crippen molar-refractivity contribution in [3.05, 3.63) is 105 Å². The molecule has 5 rings (SSSR count). The van der Waals surface area contributed by atoms with E-state index in [4.69, 9.17) is 13.9 Å². The van der Waals surface area contributed by atoms with Gasteiger partial charge in [-0.3, -0.25) is 9.59 Å². The van der Waals surface area contributed by atoms with E-state index in [0.29, 0.717) is 47.7 Å². The Hall–Kier alpha value is -4.10. The minimum atomic E-state index is -0.574. The average molecular weight is 485 g/mol. The zero-order valence-electron chi connectivity index (χ0n) is 20.6. The smallest absolute Gasteiger partial charge is 0.290 e. The predicted molar refractivity (Wildman–Crippen MR) is 138 cm³/mol. The van der Waals surface area contributed by atoms with Gasteiger partial charge in [-0.05, 0) is 49.5 Å². The van der Waals surface area contributed by atoms with Crippen LogP contribution in [0.4, 0.5) is 0 Å². The van der Waals surface area contributed by atoms with E-state index in [0.717, 1.165) is 11.1 Å². The van der Waals surface area contributed by atoms with Crippen molar-refractivity contribution in [3.63, 3.8) is 0 Å². The Kier molecular flexibility index (Phi) is 6.48. The van der Waals surface area contributed by atoms with Crippen LogP contribution in [-0.2, 0) is 6.61 Å². The van der Waals surface area contributed by atoms with Gasteiger partial charge in [-0.1, -0.05) is 42.5 Å². The molecule has 4 aromatic rings. The number of carbonyl (C=O) groups is 1. The molecular weight excluding hydrogens is 456 g/mol. The Morgan fingerprint density at radius 2 is 1.75 bits per heavy atom. The Morgan fingerprint density at radius 1 is 0.944 bits per heavy atom. The number of likely N-dealkylation sites (N-methyl/N-ethyl adjacent to an activating group) is 1. The lowest BCUT2D eigenvalue weighted by Crippen LogP contribution is -2.35. The fourth-order valence-electron chi connectivity index (χ4n) is 4.53. The van der Waals surface area contributed by atoms with Crippen molar-refractivity contribution in [2.75, 3.05) is 34.3 Å². The van der Waals surface area contributed by atoms with Crippen molar-refractivity contribution < 1.29 is 18.7 Å². The number of hydrogen-bond donors (Lipinski definition) is 0. The topological polar surface area (TPSA) is 72.2 Å². The molecule has 0 saturated heterocycles. The summed E-state index contributed by atoms with van der Waals surface area (Å²) in [5.41, 5.74) is 2.33. The van der Waals surface area contributed by atoms with Crippen LogP contribution < -0.4 is 14.9 Å². The first-order chi connectivity index (χ1) is 17.5. The van der Waals surface area contributed by atoms with Gasteiger partial charge in [0.25, 0.3) is 5.91 Å². The van der Waals surface area contributed by atoms with Crippen LogP contribution in [0.5, 0.6) is 11.5 Å². The van der Waals surface area contributed by atoms with Gasteiger partial charge in [0.2, 0.25) is 5.76 Å². The summed E-state index contributed by atoms with van der Waals surface area (Å²) in [6.45, 7) is 1.50. The molecule has 0 N–H and O–H groups in total. The largest absolute Gasteiger partial charge is 0.497 e. The predicted octanol–water partition coefficient (Wildman–Crippen LogP) is 4.49. The molecule has 184 valence electrons. The van der Waals surface area contributed by atoms with E-state index in [-0.39, 0.29) is 17.1 Å². The lowest BCUT2D eigenvalue weighted by molar-refractivity contribution is 0.0716. The lowest BCUT2D eigenvalue weighted by atomic mass is 9.98. The first-order valence-electron chi connectivity index (χ1n) is 11.8. The van der Waals surface area contributed by atoms with E-state index in [1.54, 1.807) is 30.2 Å². The highest BCUT2D eigenvalue weighted by molar-refractivity contribution is 5.99. The number of hydrogen-bond acceptors (Lipinski definition) is 6. The van der Waals surface area contributed by atoms with Crippen LogP contribution in [0, 0.1) is 0 Å². The van der Waals surface area contributed by atoms with Crippen molar-refractivity contribution >= 4 is 16.9 Å². The van der Waals surface area contributed by atoms with Crippen LogP contribution in [0.25, 0.3) is 11.0 Å². The maximum absolute atomic E-state index is 13.7. The van der Waals surface area contributed by atoms with Gasteiger partial charge in [0.05, 0.1) is 24.1 Å². The monoisotopic (exact) mass is 484 g/mol. The van der Waals surface area contributed by atoms with Crippen LogP contribution in [-0.4, -0.2) is 50.0 Å². The van der Waals surface area contributed by atoms with Gasteiger partial charge < -0.3 is 23.7 Å². The molecule has 0 aliphatic carbocycles. The highest BCUT2D eigenvalue weighted by atomic mass is 16.5.